The number of halogens is 1. The van der Waals surface area contributed by atoms with Crippen LogP contribution in [-0.4, -0.2) is 22.3 Å². The fourth-order valence-corrected chi connectivity index (χ4v) is 5.90. The van der Waals surface area contributed by atoms with E-state index in [0.717, 1.165) is 41.8 Å². The number of anilines is 2. The Hall–Kier alpha value is -1.80. The van der Waals surface area contributed by atoms with E-state index in [1.807, 2.05) is 39.8 Å². The maximum absolute atomic E-state index is 14.8. The molecule has 8 heteroatoms. The number of unbranched alkanes of at least 4 members (excludes halogenated alkanes) is 1. The third-order valence-electron chi connectivity index (χ3n) is 6.96. The van der Waals surface area contributed by atoms with Gasteiger partial charge in [-0.25, -0.2) is 4.39 Å². The zero-order chi connectivity index (χ0) is 30.5. The van der Waals surface area contributed by atoms with E-state index >= 15 is 0 Å². The van der Waals surface area contributed by atoms with E-state index in [4.69, 9.17) is 15.9 Å². The normalized spacial score (nSPS) is 19.4. The second-order valence-corrected chi connectivity index (χ2v) is 14.6. The monoisotopic (exact) mass is 595 g/mol. The van der Waals surface area contributed by atoms with E-state index < -0.39 is 0 Å². The van der Waals surface area contributed by atoms with Crippen LogP contribution in [0.1, 0.15) is 131 Å². The summed E-state index contributed by atoms with van der Waals surface area (Å²) in [5, 5.41) is 10.4. The average Bonchev–Trinajstić information content (AvgIpc) is 3.67. The van der Waals surface area contributed by atoms with Gasteiger partial charge in [0, 0.05) is 34.7 Å². The van der Waals surface area contributed by atoms with Crippen LogP contribution in [0.3, 0.4) is 0 Å². The fourth-order valence-electron chi connectivity index (χ4n) is 3.81. The lowest BCUT2D eigenvalue weighted by atomic mass is 9.94. The summed E-state index contributed by atoms with van der Waals surface area (Å²) in [5.74, 6) is 1.80. The van der Waals surface area contributed by atoms with Crippen LogP contribution < -0.4 is 5.32 Å². The van der Waals surface area contributed by atoms with Crippen LogP contribution in [0.5, 0.6) is 0 Å². The first-order valence-corrected chi connectivity index (χ1v) is 17.5. The highest BCUT2D eigenvalue weighted by Crippen LogP contribution is 2.37. The number of fused-ring (bicyclic) bond motifs is 1. The molecule has 1 aliphatic heterocycles. The molecule has 1 aromatic heterocycles. The highest BCUT2D eigenvalue weighted by atomic mass is 32.8. The summed E-state index contributed by atoms with van der Waals surface area (Å²) in [5.41, 5.74) is 3.72. The van der Waals surface area contributed by atoms with E-state index in [-0.39, 0.29) is 39.2 Å². The molecule has 2 aromatic rings. The first-order chi connectivity index (χ1) is 18.9. The largest absolute Gasteiger partial charge is 0.462 e. The zero-order valence-electron chi connectivity index (χ0n) is 26.6. The van der Waals surface area contributed by atoms with Gasteiger partial charge >= 0.3 is 5.97 Å². The number of nitrogens with zero attached hydrogens (tertiary/aromatic N) is 1. The molecule has 3 unspecified atom stereocenters. The lowest BCUT2D eigenvalue weighted by molar-refractivity contribution is -0.152. The molecule has 228 valence electrons. The Kier molecular flexibility index (Phi) is 16.2. The van der Waals surface area contributed by atoms with Gasteiger partial charge in [-0.1, -0.05) is 106 Å². The summed E-state index contributed by atoms with van der Waals surface area (Å²) < 4.78 is 20.3. The number of benzene rings is 1. The number of ether oxygens (including phenoxy) is 1. The molecule has 4 rings (SSSR count). The van der Waals surface area contributed by atoms with Crippen LogP contribution in [0.4, 0.5) is 15.9 Å². The molecule has 0 amide bonds. The number of aromatic amines is 1. The van der Waals surface area contributed by atoms with E-state index in [9.17, 15) is 9.18 Å². The Bertz CT molecular complexity index is 1060. The highest BCUT2D eigenvalue weighted by Gasteiger charge is 2.30. The number of nitrogens with one attached hydrogen (secondary N) is 2. The van der Waals surface area contributed by atoms with Crippen LogP contribution in [0.2, 0.25) is 0 Å². The smallest absolute Gasteiger partial charge is 0.308 e. The molecule has 5 nitrogen and oxygen atoms in total. The molecule has 2 N–H and O–H groups in total. The Morgan fingerprint density at radius 1 is 1.18 bits per heavy atom. The Morgan fingerprint density at radius 2 is 1.80 bits per heavy atom. The van der Waals surface area contributed by atoms with E-state index in [2.05, 4.69) is 57.1 Å². The summed E-state index contributed by atoms with van der Waals surface area (Å²) >= 11 is 5.35. The highest BCUT2D eigenvalue weighted by molar-refractivity contribution is 8.28. The molecule has 0 radical (unpaired) electrons. The van der Waals surface area contributed by atoms with Crippen LogP contribution in [0, 0.1) is 17.2 Å². The van der Waals surface area contributed by atoms with Gasteiger partial charge in [-0.3, -0.25) is 9.89 Å². The standard InChI is InChI=1S/C20H24FN3O2S2.C6H14.C4H10.C2H6/c1-11(2)20(25)26-14-5-3-12(7-14)17-8-18(24-23-17)22-16-6-4-13-9-28(27)10-15(13)19(16)21;1-5-6(2,3)4;1-3-4-2;1-2/h4,6,8,11-12,14H,3,5,7,9-10H2,1-2H3,(H2,22,23,24);5H2,1-4H3;3-4H2,1-2H3;1-2H3. The Labute approximate surface area is 250 Å². The van der Waals surface area contributed by atoms with Gasteiger partial charge < -0.3 is 10.1 Å². The molecule has 1 aromatic carbocycles. The molecule has 1 fully saturated rings. The Morgan fingerprint density at radius 3 is 2.35 bits per heavy atom. The number of carbonyl (C=O) groups is 1. The summed E-state index contributed by atoms with van der Waals surface area (Å²) in [6, 6.07) is 5.64. The van der Waals surface area contributed by atoms with Crippen molar-refractivity contribution in [1.29, 1.82) is 0 Å². The predicted octanol–water partition coefficient (Wildman–Crippen LogP) is 9.50. The molecular formula is C32H54FN3O2S2. The second-order valence-electron chi connectivity index (χ2n) is 11.8. The van der Waals surface area contributed by atoms with Crippen LogP contribution >= 0.6 is 0 Å². The number of carbonyl (C=O) groups excluding carboxylic acids is 1. The van der Waals surface area contributed by atoms with Gasteiger partial charge in [-0.05, 0) is 36.3 Å². The van der Waals surface area contributed by atoms with E-state index in [1.165, 1.54) is 19.3 Å². The second kappa shape index (κ2) is 17.9. The van der Waals surface area contributed by atoms with Gasteiger partial charge in [0.15, 0.2) is 11.6 Å². The number of aromatic nitrogens is 2. The number of rotatable bonds is 6. The number of H-pyrrole nitrogens is 1. The molecule has 0 bridgehead atoms. The lowest BCUT2D eigenvalue weighted by Crippen LogP contribution is -2.19. The van der Waals surface area contributed by atoms with Crippen molar-refractivity contribution in [3.05, 3.63) is 40.8 Å². The number of hydrogen-bond donors (Lipinski definition) is 2. The first kappa shape index (κ1) is 36.2. The molecule has 0 spiro atoms. The predicted molar refractivity (Wildman–Crippen MR) is 173 cm³/mol. The average molecular weight is 596 g/mol. The van der Waals surface area contributed by atoms with Crippen LogP contribution in [-0.2, 0) is 41.7 Å². The lowest BCUT2D eigenvalue weighted by Gasteiger charge is -2.13. The minimum Gasteiger partial charge on any atom is -0.462 e. The SMILES string of the molecule is CC.CC(C)C(=O)OC1CCC(c2cc(Nc3ccc4c(c3F)CS(=S)C4)n[nH]2)C1.CCC(C)(C)C.CCCC. The van der Waals surface area contributed by atoms with Crippen molar-refractivity contribution < 1.29 is 13.9 Å². The van der Waals surface area contributed by atoms with E-state index in [0.29, 0.717) is 22.7 Å². The van der Waals surface area contributed by atoms with Crippen LogP contribution in [0.25, 0.3) is 0 Å². The van der Waals surface area contributed by atoms with Crippen molar-refractivity contribution in [1.82, 2.24) is 10.2 Å². The van der Waals surface area contributed by atoms with Gasteiger partial charge in [-0.15, -0.1) is 9.45 Å². The van der Waals surface area contributed by atoms with Crippen molar-refractivity contribution in [3.8, 4) is 0 Å². The number of esters is 1. The molecule has 2 heterocycles. The molecule has 1 aliphatic carbocycles. The quantitative estimate of drug-likeness (QED) is 0.326. The van der Waals surface area contributed by atoms with E-state index in [1.54, 1.807) is 6.07 Å². The maximum Gasteiger partial charge on any atom is 0.308 e. The van der Waals surface area contributed by atoms with Gasteiger partial charge in [0.05, 0.1) is 11.6 Å². The van der Waals surface area contributed by atoms with Crippen molar-refractivity contribution >= 4 is 38.1 Å². The van der Waals surface area contributed by atoms with Gasteiger partial charge in [0.25, 0.3) is 0 Å². The molecule has 3 atom stereocenters. The van der Waals surface area contributed by atoms with Gasteiger partial charge in [-0.2, -0.15) is 5.10 Å². The summed E-state index contributed by atoms with van der Waals surface area (Å²) in [6.45, 7) is 21.0. The van der Waals surface area contributed by atoms with Gasteiger partial charge in [0.1, 0.15) is 6.10 Å². The molecular weight excluding hydrogens is 542 g/mol. The third-order valence-corrected chi connectivity index (χ3v) is 8.91. The number of hydrogen-bond acceptors (Lipinski definition) is 5. The fraction of sp³-hybridized carbons (Fsp3) is 0.688. The molecule has 0 saturated heterocycles. The van der Waals surface area contributed by atoms with Crippen molar-refractivity contribution in [3.63, 3.8) is 0 Å². The zero-order valence-corrected chi connectivity index (χ0v) is 28.2. The van der Waals surface area contributed by atoms with Crippen LogP contribution in [0.15, 0.2) is 18.2 Å². The molecule has 40 heavy (non-hydrogen) atoms. The minimum atomic E-state index is -0.219. The molecule has 2 aliphatic rings. The summed E-state index contributed by atoms with van der Waals surface area (Å²) in [6.07, 6.45) is 6.45. The first-order valence-electron chi connectivity index (χ1n) is 15.1. The minimum absolute atomic E-state index is 0.0408. The van der Waals surface area contributed by atoms with Crippen molar-refractivity contribution in [2.45, 2.75) is 131 Å². The van der Waals surface area contributed by atoms with Gasteiger partial charge in [0.2, 0.25) is 0 Å². The third kappa shape index (κ3) is 12.0. The molecule has 1 saturated carbocycles. The summed E-state index contributed by atoms with van der Waals surface area (Å²) in [4.78, 5) is 11.8. The van der Waals surface area contributed by atoms with Crippen molar-refractivity contribution in [2.24, 2.45) is 11.3 Å². The Balaban J connectivity index is 0.000000568. The van der Waals surface area contributed by atoms with Crippen molar-refractivity contribution in [2.75, 3.05) is 5.32 Å². The topological polar surface area (TPSA) is 67.0 Å². The summed E-state index contributed by atoms with van der Waals surface area (Å²) in [7, 11) is -0.185. The maximum atomic E-state index is 14.8.